The smallest absolute Gasteiger partial charge is 0.260 e. The molecule has 7 nitrogen and oxygen atoms in total. The number of likely N-dealkylation sites (tertiary alicyclic amines) is 1. The van der Waals surface area contributed by atoms with Crippen molar-refractivity contribution in [2.45, 2.75) is 25.7 Å². The Morgan fingerprint density at radius 1 is 1.03 bits per heavy atom. The molecule has 32 heavy (non-hydrogen) atoms. The van der Waals surface area contributed by atoms with Crippen LogP contribution >= 0.6 is 11.6 Å². The van der Waals surface area contributed by atoms with Crippen molar-refractivity contribution in [1.29, 1.82) is 0 Å². The highest BCUT2D eigenvalue weighted by Crippen LogP contribution is 2.30. The van der Waals surface area contributed by atoms with Crippen LogP contribution in [0, 0.1) is 6.92 Å². The maximum Gasteiger partial charge on any atom is 0.260 e. The van der Waals surface area contributed by atoms with E-state index >= 15 is 0 Å². The maximum atomic E-state index is 13.1. The molecular formula is C24H28ClN3O4. The van der Waals surface area contributed by atoms with Gasteiger partial charge in [-0.1, -0.05) is 11.6 Å². The molecule has 0 radical (unpaired) electrons. The first-order valence-corrected chi connectivity index (χ1v) is 11.4. The summed E-state index contributed by atoms with van der Waals surface area (Å²) in [6, 6.07) is 10.8. The molecule has 2 fully saturated rings. The van der Waals surface area contributed by atoms with Crippen LogP contribution in [0.25, 0.3) is 0 Å². The van der Waals surface area contributed by atoms with E-state index < -0.39 is 0 Å². The molecule has 0 atom stereocenters. The maximum absolute atomic E-state index is 13.1. The van der Waals surface area contributed by atoms with Crippen molar-refractivity contribution in [3.8, 4) is 5.75 Å². The number of halogens is 1. The van der Waals surface area contributed by atoms with Crippen molar-refractivity contribution >= 4 is 23.4 Å². The Kier molecular flexibility index (Phi) is 7.27. The molecule has 0 spiro atoms. The average Bonchev–Trinajstić information content (AvgIpc) is 2.83. The molecular weight excluding hydrogens is 430 g/mol. The lowest BCUT2D eigenvalue weighted by atomic mass is 9.89. The van der Waals surface area contributed by atoms with Gasteiger partial charge in [-0.25, -0.2) is 0 Å². The van der Waals surface area contributed by atoms with Crippen LogP contribution in [0.3, 0.4) is 0 Å². The summed E-state index contributed by atoms with van der Waals surface area (Å²) in [5.41, 5.74) is 2.42. The second-order valence-corrected chi connectivity index (χ2v) is 8.62. The quantitative estimate of drug-likeness (QED) is 0.688. The number of hydrogen-bond donors (Lipinski definition) is 0. The number of carbonyl (C=O) groups excluding carboxylic acids is 2. The Hall–Kier alpha value is -2.64. The van der Waals surface area contributed by atoms with E-state index in [1.54, 1.807) is 24.3 Å². The lowest BCUT2D eigenvalue weighted by molar-refractivity contribution is -0.134. The highest BCUT2D eigenvalue weighted by Gasteiger charge is 2.30. The third-order valence-electron chi connectivity index (χ3n) is 6.00. The zero-order valence-corrected chi connectivity index (χ0v) is 19.0. The number of pyridine rings is 1. The molecule has 0 bridgehead atoms. The Labute approximate surface area is 193 Å². The molecule has 2 saturated heterocycles. The van der Waals surface area contributed by atoms with Gasteiger partial charge in [-0.05, 0) is 56.2 Å². The Balaban J connectivity index is 1.37. The van der Waals surface area contributed by atoms with E-state index in [-0.39, 0.29) is 24.3 Å². The number of carbonyl (C=O) groups is 2. The minimum Gasteiger partial charge on any atom is -0.484 e. The molecule has 0 aliphatic carbocycles. The van der Waals surface area contributed by atoms with E-state index in [1.165, 1.54) is 0 Å². The first-order valence-electron chi connectivity index (χ1n) is 11.0. The van der Waals surface area contributed by atoms with Gasteiger partial charge in [-0.3, -0.25) is 14.6 Å². The molecule has 0 N–H and O–H groups in total. The Morgan fingerprint density at radius 2 is 1.72 bits per heavy atom. The van der Waals surface area contributed by atoms with Crippen LogP contribution in [0.1, 0.15) is 40.5 Å². The van der Waals surface area contributed by atoms with Gasteiger partial charge in [0.1, 0.15) is 5.75 Å². The predicted octanol–water partition coefficient (Wildman–Crippen LogP) is 3.30. The lowest BCUT2D eigenvalue weighted by Gasteiger charge is -2.33. The summed E-state index contributed by atoms with van der Waals surface area (Å²) < 4.78 is 11.0. The molecule has 0 unspecified atom stereocenters. The van der Waals surface area contributed by atoms with Gasteiger partial charge in [0, 0.05) is 42.8 Å². The fraction of sp³-hybridized carbons (Fsp3) is 0.458. The fourth-order valence-corrected chi connectivity index (χ4v) is 4.30. The van der Waals surface area contributed by atoms with Gasteiger partial charge in [0.2, 0.25) is 0 Å². The van der Waals surface area contributed by atoms with Gasteiger partial charge < -0.3 is 19.3 Å². The van der Waals surface area contributed by atoms with E-state index in [0.29, 0.717) is 55.7 Å². The normalized spacial score (nSPS) is 17.3. The molecule has 8 heteroatoms. The Morgan fingerprint density at radius 3 is 2.41 bits per heavy atom. The number of benzene rings is 1. The highest BCUT2D eigenvalue weighted by molar-refractivity contribution is 6.30. The monoisotopic (exact) mass is 457 g/mol. The number of piperidine rings is 1. The first-order chi connectivity index (χ1) is 15.5. The third kappa shape index (κ3) is 5.40. The van der Waals surface area contributed by atoms with E-state index in [4.69, 9.17) is 26.1 Å². The zero-order valence-electron chi connectivity index (χ0n) is 18.3. The summed E-state index contributed by atoms with van der Waals surface area (Å²) in [6.45, 7) is 5.52. The second-order valence-electron chi connectivity index (χ2n) is 8.19. The van der Waals surface area contributed by atoms with E-state index in [1.807, 2.05) is 28.9 Å². The van der Waals surface area contributed by atoms with Gasteiger partial charge in [-0.2, -0.15) is 0 Å². The SMILES string of the molecule is Cc1ccc(C(=O)N2CCOCC2)c(C2CCN(C(=O)COc3ccc(Cl)cc3)CC2)n1. The van der Waals surface area contributed by atoms with Crippen LogP contribution in [0.5, 0.6) is 5.75 Å². The van der Waals surface area contributed by atoms with Gasteiger partial charge in [-0.15, -0.1) is 0 Å². The number of hydrogen-bond acceptors (Lipinski definition) is 5. The second kappa shape index (κ2) is 10.3. The summed E-state index contributed by atoms with van der Waals surface area (Å²) in [5, 5.41) is 0.627. The van der Waals surface area contributed by atoms with Gasteiger partial charge in [0.15, 0.2) is 6.61 Å². The molecule has 4 rings (SSSR count). The van der Waals surface area contributed by atoms with Crippen LogP contribution in [0.4, 0.5) is 0 Å². The number of aromatic nitrogens is 1. The molecule has 170 valence electrons. The molecule has 1 aromatic carbocycles. The van der Waals surface area contributed by atoms with Crippen molar-refractivity contribution in [3.05, 3.63) is 58.4 Å². The van der Waals surface area contributed by atoms with Crippen LogP contribution < -0.4 is 4.74 Å². The van der Waals surface area contributed by atoms with Gasteiger partial charge >= 0.3 is 0 Å². The third-order valence-corrected chi connectivity index (χ3v) is 6.25. The van der Waals surface area contributed by atoms with Gasteiger partial charge in [0.05, 0.1) is 24.5 Å². The van der Waals surface area contributed by atoms with E-state index in [0.717, 1.165) is 24.2 Å². The molecule has 3 heterocycles. The number of rotatable bonds is 5. The van der Waals surface area contributed by atoms with Crippen molar-refractivity contribution in [2.24, 2.45) is 0 Å². The molecule has 2 aliphatic rings. The minimum absolute atomic E-state index is 0.00421. The number of nitrogens with zero attached hydrogens (tertiary/aromatic N) is 3. The number of ether oxygens (including phenoxy) is 2. The molecule has 2 aromatic rings. The largest absolute Gasteiger partial charge is 0.484 e. The number of morpholine rings is 1. The van der Waals surface area contributed by atoms with Crippen molar-refractivity contribution in [3.63, 3.8) is 0 Å². The van der Waals surface area contributed by atoms with E-state index in [2.05, 4.69) is 0 Å². The average molecular weight is 458 g/mol. The number of amides is 2. The van der Waals surface area contributed by atoms with Crippen molar-refractivity contribution in [2.75, 3.05) is 46.0 Å². The van der Waals surface area contributed by atoms with Crippen LogP contribution in [-0.4, -0.2) is 72.6 Å². The topological polar surface area (TPSA) is 72.0 Å². The molecule has 1 aromatic heterocycles. The molecule has 2 amide bonds. The summed E-state index contributed by atoms with van der Waals surface area (Å²) in [7, 11) is 0. The van der Waals surface area contributed by atoms with E-state index in [9.17, 15) is 9.59 Å². The minimum atomic E-state index is -0.0415. The molecule has 0 saturated carbocycles. The highest BCUT2D eigenvalue weighted by atomic mass is 35.5. The number of aryl methyl sites for hydroxylation is 1. The van der Waals surface area contributed by atoms with Gasteiger partial charge in [0.25, 0.3) is 11.8 Å². The predicted molar refractivity (Wildman–Crippen MR) is 121 cm³/mol. The fourth-order valence-electron chi connectivity index (χ4n) is 4.18. The summed E-state index contributed by atoms with van der Waals surface area (Å²) in [5.74, 6) is 0.745. The zero-order chi connectivity index (χ0) is 22.5. The standard InChI is InChI=1S/C24H28ClN3O4/c1-17-2-7-21(24(30)28-12-14-31-15-13-28)23(26-17)18-8-10-27(11-9-18)22(29)16-32-20-5-3-19(25)4-6-20/h2-7,18H,8-16H2,1H3. The van der Waals surface area contributed by atoms with Crippen LogP contribution in [0.15, 0.2) is 36.4 Å². The van der Waals surface area contributed by atoms with Crippen LogP contribution in [0.2, 0.25) is 5.02 Å². The summed E-state index contributed by atoms with van der Waals surface area (Å²) >= 11 is 5.88. The summed E-state index contributed by atoms with van der Waals surface area (Å²) in [4.78, 5) is 34.1. The van der Waals surface area contributed by atoms with Crippen molar-refractivity contribution < 1.29 is 19.1 Å². The Bertz CT molecular complexity index is 952. The van der Waals surface area contributed by atoms with Crippen LogP contribution in [-0.2, 0) is 9.53 Å². The lowest BCUT2D eigenvalue weighted by Crippen LogP contribution is -2.42. The first kappa shape index (κ1) is 22.6. The van der Waals surface area contributed by atoms with Crippen molar-refractivity contribution in [1.82, 2.24) is 14.8 Å². The molecule has 2 aliphatic heterocycles. The summed E-state index contributed by atoms with van der Waals surface area (Å²) in [6.07, 6.45) is 1.54.